The Labute approximate surface area is 155 Å². The van der Waals surface area contributed by atoms with E-state index in [1.165, 1.54) is 12.1 Å². The molecule has 0 amide bonds. The number of nitrogens with zero attached hydrogens (tertiary/aromatic N) is 2. The van der Waals surface area contributed by atoms with Gasteiger partial charge in [0, 0.05) is 17.6 Å². The lowest BCUT2D eigenvalue weighted by Gasteiger charge is -2.04. The molecule has 1 N–H and O–H groups in total. The second kappa shape index (κ2) is 7.50. The van der Waals surface area contributed by atoms with Crippen LogP contribution in [0.2, 0.25) is 0 Å². The van der Waals surface area contributed by atoms with Crippen molar-refractivity contribution < 1.29 is 8.78 Å². The smallest absolute Gasteiger partial charge is 0.126 e. The molecule has 4 aromatic rings. The summed E-state index contributed by atoms with van der Waals surface area (Å²) in [6.07, 6.45) is 6.88. The predicted molar refractivity (Wildman–Crippen MR) is 103 cm³/mol. The first kappa shape index (κ1) is 17.1. The van der Waals surface area contributed by atoms with Crippen LogP contribution in [0.3, 0.4) is 0 Å². The number of halogens is 2. The molecule has 2 aromatic carbocycles. The molecule has 0 aliphatic heterocycles. The van der Waals surface area contributed by atoms with Gasteiger partial charge in [-0.3, -0.25) is 10.1 Å². The van der Waals surface area contributed by atoms with E-state index in [0.29, 0.717) is 18.4 Å². The maximum atomic E-state index is 13.3. The van der Waals surface area contributed by atoms with Crippen molar-refractivity contribution in [3.63, 3.8) is 0 Å². The Hall–Kier alpha value is -3.34. The molecule has 0 fully saturated rings. The average molecular weight is 361 g/mol. The van der Waals surface area contributed by atoms with E-state index in [0.717, 1.165) is 33.9 Å². The lowest BCUT2D eigenvalue weighted by atomic mass is 10.0. The topological polar surface area (TPSA) is 41.6 Å². The lowest BCUT2D eigenvalue weighted by molar-refractivity contribution is 0.579. The summed E-state index contributed by atoms with van der Waals surface area (Å²) in [5.41, 5.74) is 4.37. The molecule has 0 bridgehead atoms. The van der Waals surface area contributed by atoms with Gasteiger partial charge in [0.15, 0.2) is 0 Å². The number of aromatic nitrogens is 3. The van der Waals surface area contributed by atoms with Crippen LogP contribution in [0.1, 0.15) is 22.5 Å². The van der Waals surface area contributed by atoms with Gasteiger partial charge >= 0.3 is 0 Å². The second-order valence-corrected chi connectivity index (χ2v) is 6.35. The largest absolute Gasteiger partial charge is 0.277 e. The average Bonchev–Trinajstić information content (AvgIpc) is 3.07. The van der Waals surface area contributed by atoms with Gasteiger partial charge < -0.3 is 0 Å². The third-order valence-corrected chi connectivity index (χ3v) is 4.38. The minimum atomic E-state index is -0.544. The zero-order valence-corrected chi connectivity index (χ0v) is 14.5. The molecule has 0 saturated heterocycles. The van der Waals surface area contributed by atoms with Crippen LogP contribution in [0.5, 0.6) is 0 Å². The van der Waals surface area contributed by atoms with Crippen molar-refractivity contribution in [2.24, 2.45) is 0 Å². The first-order valence-electron chi connectivity index (χ1n) is 8.68. The van der Waals surface area contributed by atoms with Gasteiger partial charge in [0.05, 0.1) is 16.9 Å². The standard InChI is InChI=1S/C22H17F2N3/c23-17-11-16(12-18(24)14-17)5-4-15-6-8-21-20(13-15)22(27-26-21)9-7-19-3-1-2-10-25-19/h1-3,6-14H,4-5H2,(H,26,27). The number of hydrogen-bond acceptors (Lipinski definition) is 2. The fourth-order valence-corrected chi connectivity index (χ4v) is 3.05. The van der Waals surface area contributed by atoms with Gasteiger partial charge in [-0.1, -0.05) is 12.1 Å². The SMILES string of the molecule is Fc1cc(F)cc(CCc2ccc3n[nH]c(C=Cc4ccccn4)c3c2)c1. The highest BCUT2D eigenvalue weighted by molar-refractivity contribution is 5.89. The van der Waals surface area contributed by atoms with Crippen LogP contribution in [-0.4, -0.2) is 15.2 Å². The van der Waals surface area contributed by atoms with Gasteiger partial charge in [-0.05, 0) is 72.5 Å². The van der Waals surface area contributed by atoms with Crippen LogP contribution >= 0.6 is 0 Å². The van der Waals surface area contributed by atoms with Crippen LogP contribution in [-0.2, 0) is 12.8 Å². The van der Waals surface area contributed by atoms with E-state index in [4.69, 9.17) is 0 Å². The van der Waals surface area contributed by atoms with Gasteiger partial charge in [0.1, 0.15) is 11.6 Å². The number of H-pyrrole nitrogens is 1. The maximum absolute atomic E-state index is 13.3. The summed E-state index contributed by atoms with van der Waals surface area (Å²) in [6, 6.07) is 15.4. The van der Waals surface area contributed by atoms with Crippen molar-refractivity contribution in [3.05, 3.63) is 94.9 Å². The molecular formula is C22H17F2N3. The fourth-order valence-electron chi connectivity index (χ4n) is 3.05. The van der Waals surface area contributed by atoms with Gasteiger partial charge in [-0.15, -0.1) is 0 Å². The zero-order valence-electron chi connectivity index (χ0n) is 14.5. The van der Waals surface area contributed by atoms with Crippen LogP contribution in [0.25, 0.3) is 23.1 Å². The van der Waals surface area contributed by atoms with Gasteiger partial charge in [-0.25, -0.2) is 8.78 Å². The van der Waals surface area contributed by atoms with E-state index in [1.54, 1.807) is 6.20 Å². The molecule has 0 aliphatic carbocycles. The number of pyridine rings is 1. The van der Waals surface area contributed by atoms with Crippen LogP contribution in [0.15, 0.2) is 60.8 Å². The molecule has 4 rings (SSSR count). The maximum Gasteiger partial charge on any atom is 0.126 e. The predicted octanol–water partition coefficient (Wildman–Crippen LogP) is 5.19. The van der Waals surface area contributed by atoms with Crippen LogP contribution in [0, 0.1) is 11.6 Å². The quantitative estimate of drug-likeness (QED) is 0.531. The molecule has 5 heteroatoms. The number of rotatable bonds is 5. The normalized spacial score (nSPS) is 11.5. The highest BCUT2D eigenvalue weighted by Gasteiger charge is 2.06. The fraction of sp³-hybridized carbons (Fsp3) is 0.0909. The van der Waals surface area contributed by atoms with E-state index in [2.05, 4.69) is 21.2 Å². The molecule has 0 radical (unpaired) electrons. The van der Waals surface area contributed by atoms with Gasteiger partial charge in [0.2, 0.25) is 0 Å². The Morgan fingerprint density at radius 3 is 2.44 bits per heavy atom. The number of aryl methyl sites for hydroxylation is 2. The van der Waals surface area contributed by atoms with Gasteiger partial charge in [0.25, 0.3) is 0 Å². The number of fused-ring (bicyclic) bond motifs is 1. The highest BCUT2D eigenvalue weighted by atomic mass is 19.1. The van der Waals surface area contributed by atoms with Crippen LogP contribution < -0.4 is 0 Å². The minimum absolute atomic E-state index is 0.544. The molecule has 0 spiro atoms. The van der Waals surface area contributed by atoms with E-state index < -0.39 is 11.6 Å². The first-order valence-corrected chi connectivity index (χ1v) is 8.68. The molecule has 134 valence electrons. The highest BCUT2D eigenvalue weighted by Crippen LogP contribution is 2.21. The summed E-state index contributed by atoms with van der Waals surface area (Å²) >= 11 is 0. The third kappa shape index (κ3) is 4.08. The molecular weight excluding hydrogens is 344 g/mol. The van der Waals surface area contributed by atoms with E-state index >= 15 is 0 Å². The van der Waals surface area contributed by atoms with Crippen molar-refractivity contribution >= 4 is 23.1 Å². The summed E-state index contributed by atoms with van der Waals surface area (Å²) in [4.78, 5) is 4.27. The molecule has 0 unspecified atom stereocenters. The summed E-state index contributed by atoms with van der Waals surface area (Å²) in [6.45, 7) is 0. The third-order valence-electron chi connectivity index (χ3n) is 4.38. The van der Waals surface area contributed by atoms with Crippen LogP contribution in [0.4, 0.5) is 8.78 Å². The van der Waals surface area contributed by atoms with Crippen molar-refractivity contribution in [2.75, 3.05) is 0 Å². The number of aromatic amines is 1. The number of nitrogens with one attached hydrogen (secondary N) is 1. The Kier molecular flexibility index (Phi) is 4.75. The van der Waals surface area contributed by atoms with Crippen molar-refractivity contribution in [3.8, 4) is 0 Å². The second-order valence-electron chi connectivity index (χ2n) is 6.35. The minimum Gasteiger partial charge on any atom is -0.277 e. The molecule has 0 atom stereocenters. The molecule has 2 heterocycles. The Morgan fingerprint density at radius 1 is 0.852 bits per heavy atom. The molecule has 27 heavy (non-hydrogen) atoms. The Morgan fingerprint density at radius 2 is 1.67 bits per heavy atom. The van der Waals surface area contributed by atoms with E-state index in [-0.39, 0.29) is 0 Å². The Bertz CT molecular complexity index is 1080. The first-order chi connectivity index (χ1) is 13.2. The number of benzene rings is 2. The van der Waals surface area contributed by atoms with Crippen molar-refractivity contribution in [2.45, 2.75) is 12.8 Å². The molecule has 2 aromatic heterocycles. The Balaban J connectivity index is 1.55. The van der Waals surface area contributed by atoms with Crippen molar-refractivity contribution in [1.82, 2.24) is 15.2 Å². The van der Waals surface area contributed by atoms with E-state index in [9.17, 15) is 8.78 Å². The zero-order chi connectivity index (χ0) is 18.6. The van der Waals surface area contributed by atoms with Gasteiger partial charge in [-0.2, -0.15) is 5.10 Å². The summed E-state index contributed by atoms with van der Waals surface area (Å²) in [7, 11) is 0. The summed E-state index contributed by atoms with van der Waals surface area (Å²) in [5, 5.41) is 8.36. The summed E-state index contributed by atoms with van der Waals surface area (Å²) < 4.78 is 26.7. The van der Waals surface area contributed by atoms with Crippen molar-refractivity contribution in [1.29, 1.82) is 0 Å². The monoisotopic (exact) mass is 361 g/mol. The van der Waals surface area contributed by atoms with E-state index in [1.807, 2.05) is 42.5 Å². The molecule has 0 saturated carbocycles. The lowest BCUT2D eigenvalue weighted by Crippen LogP contribution is -1.93. The number of hydrogen-bond donors (Lipinski definition) is 1. The molecule has 3 nitrogen and oxygen atoms in total. The summed E-state index contributed by atoms with van der Waals surface area (Å²) in [5.74, 6) is -1.09. The molecule has 0 aliphatic rings.